The minimum Gasteiger partial charge on any atom is -0.355 e. The average molecular weight is 267 g/mol. The van der Waals surface area contributed by atoms with E-state index in [0.29, 0.717) is 4.75 Å². The number of hydrogen-bond acceptors (Lipinski definition) is 3. The lowest BCUT2D eigenvalue weighted by molar-refractivity contribution is -0.124. The van der Waals surface area contributed by atoms with E-state index < -0.39 is 0 Å². The van der Waals surface area contributed by atoms with Crippen molar-refractivity contribution in [2.75, 3.05) is 25.4 Å². The Balaban J connectivity index is 0.00000225. The summed E-state index contributed by atoms with van der Waals surface area (Å²) in [4.78, 5) is 11.6. The molecule has 0 aliphatic carbocycles. The molecule has 2 N–H and O–H groups in total. The van der Waals surface area contributed by atoms with E-state index in [1.54, 1.807) is 0 Å². The van der Waals surface area contributed by atoms with Crippen molar-refractivity contribution in [1.29, 1.82) is 0 Å². The molecule has 0 aromatic rings. The quantitative estimate of drug-likeness (QED) is 0.761. The summed E-state index contributed by atoms with van der Waals surface area (Å²) in [6.45, 7) is 9.20. The molecule has 1 heterocycles. The molecule has 3 nitrogen and oxygen atoms in total. The SMILES string of the molecule is CC(C)(C)SCCNC(=O)C1CCNC1.Cl. The van der Waals surface area contributed by atoms with Gasteiger partial charge < -0.3 is 10.6 Å². The van der Waals surface area contributed by atoms with Crippen molar-refractivity contribution < 1.29 is 4.79 Å². The molecule has 1 aliphatic heterocycles. The maximum atomic E-state index is 11.6. The van der Waals surface area contributed by atoms with Gasteiger partial charge >= 0.3 is 0 Å². The van der Waals surface area contributed by atoms with Crippen LogP contribution in [0.2, 0.25) is 0 Å². The van der Waals surface area contributed by atoms with E-state index in [2.05, 4.69) is 31.4 Å². The molecule has 0 aromatic heterocycles. The van der Waals surface area contributed by atoms with Crippen LogP contribution in [-0.4, -0.2) is 36.0 Å². The number of carbonyl (C=O) groups excluding carboxylic acids is 1. The van der Waals surface area contributed by atoms with Gasteiger partial charge in [-0.15, -0.1) is 12.4 Å². The van der Waals surface area contributed by atoms with Gasteiger partial charge in [-0.1, -0.05) is 20.8 Å². The Morgan fingerprint density at radius 2 is 2.19 bits per heavy atom. The number of carbonyl (C=O) groups is 1. The predicted octanol–water partition coefficient (Wildman–Crippen LogP) is 1.67. The van der Waals surface area contributed by atoms with E-state index in [0.717, 1.165) is 31.8 Å². The lowest BCUT2D eigenvalue weighted by Gasteiger charge is -2.18. The van der Waals surface area contributed by atoms with Gasteiger partial charge in [0.25, 0.3) is 0 Å². The van der Waals surface area contributed by atoms with Crippen LogP contribution in [0.25, 0.3) is 0 Å². The molecule has 1 aliphatic rings. The van der Waals surface area contributed by atoms with Crippen molar-refractivity contribution in [3.8, 4) is 0 Å². The fourth-order valence-corrected chi connectivity index (χ4v) is 2.37. The van der Waals surface area contributed by atoms with Crippen LogP contribution in [-0.2, 0) is 4.79 Å². The van der Waals surface area contributed by atoms with Gasteiger partial charge in [0.15, 0.2) is 0 Å². The molecule has 16 heavy (non-hydrogen) atoms. The van der Waals surface area contributed by atoms with Crippen LogP contribution >= 0.6 is 24.2 Å². The van der Waals surface area contributed by atoms with Gasteiger partial charge in [0.1, 0.15) is 0 Å². The standard InChI is InChI=1S/C11H22N2OS.ClH/c1-11(2,3)15-7-6-13-10(14)9-4-5-12-8-9;/h9,12H,4-8H2,1-3H3,(H,13,14);1H. The highest BCUT2D eigenvalue weighted by Crippen LogP contribution is 2.22. The summed E-state index contributed by atoms with van der Waals surface area (Å²) in [6.07, 6.45) is 0.984. The van der Waals surface area contributed by atoms with Crippen LogP contribution in [0.1, 0.15) is 27.2 Å². The van der Waals surface area contributed by atoms with Crippen LogP contribution in [0.3, 0.4) is 0 Å². The van der Waals surface area contributed by atoms with Gasteiger partial charge in [-0.25, -0.2) is 0 Å². The van der Waals surface area contributed by atoms with Crippen molar-refractivity contribution in [3.63, 3.8) is 0 Å². The highest BCUT2D eigenvalue weighted by molar-refractivity contribution is 8.00. The van der Waals surface area contributed by atoms with E-state index in [4.69, 9.17) is 0 Å². The van der Waals surface area contributed by atoms with Gasteiger partial charge in [-0.2, -0.15) is 11.8 Å². The Labute approximate surface area is 109 Å². The molecule has 5 heteroatoms. The van der Waals surface area contributed by atoms with Crippen molar-refractivity contribution in [1.82, 2.24) is 10.6 Å². The highest BCUT2D eigenvalue weighted by Gasteiger charge is 2.21. The van der Waals surface area contributed by atoms with E-state index in [1.165, 1.54) is 0 Å². The molecule has 0 saturated carbocycles. The maximum Gasteiger partial charge on any atom is 0.224 e. The Bertz CT molecular complexity index is 213. The summed E-state index contributed by atoms with van der Waals surface area (Å²) in [5.74, 6) is 1.41. The third-order valence-electron chi connectivity index (χ3n) is 2.37. The second kappa shape index (κ2) is 7.41. The molecule has 0 radical (unpaired) electrons. The van der Waals surface area contributed by atoms with Crippen molar-refractivity contribution in [3.05, 3.63) is 0 Å². The molecule has 1 rings (SSSR count). The lowest BCUT2D eigenvalue weighted by Crippen LogP contribution is -2.33. The van der Waals surface area contributed by atoms with E-state index in [9.17, 15) is 4.79 Å². The molecular formula is C11H23ClN2OS. The zero-order chi connectivity index (χ0) is 11.3. The number of halogens is 1. The minimum absolute atomic E-state index is 0. The first-order chi connectivity index (χ1) is 6.99. The topological polar surface area (TPSA) is 41.1 Å². The summed E-state index contributed by atoms with van der Waals surface area (Å²) < 4.78 is 0.291. The number of thioether (sulfide) groups is 1. The highest BCUT2D eigenvalue weighted by atomic mass is 35.5. The third kappa shape index (κ3) is 6.61. The maximum absolute atomic E-state index is 11.6. The molecule has 0 bridgehead atoms. The number of hydrogen-bond donors (Lipinski definition) is 2. The predicted molar refractivity (Wildman–Crippen MR) is 73.4 cm³/mol. The van der Waals surface area contributed by atoms with Crippen LogP contribution in [0, 0.1) is 5.92 Å². The Morgan fingerprint density at radius 1 is 1.50 bits per heavy atom. The van der Waals surface area contributed by atoms with Gasteiger partial charge in [0.05, 0.1) is 5.92 Å². The van der Waals surface area contributed by atoms with Gasteiger partial charge in [0, 0.05) is 23.6 Å². The molecule has 1 unspecified atom stereocenters. The average Bonchev–Trinajstić information content (AvgIpc) is 2.63. The summed E-state index contributed by atoms with van der Waals surface area (Å²) >= 11 is 1.89. The number of rotatable bonds is 4. The zero-order valence-corrected chi connectivity index (χ0v) is 12.0. The first kappa shape index (κ1) is 16.1. The second-order valence-electron chi connectivity index (χ2n) is 4.94. The molecule has 1 amide bonds. The van der Waals surface area contributed by atoms with Crippen LogP contribution in [0.15, 0.2) is 0 Å². The third-order valence-corrected chi connectivity index (χ3v) is 3.64. The van der Waals surface area contributed by atoms with Gasteiger partial charge in [-0.3, -0.25) is 4.79 Å². The fraction of sp³-hybridized carbons (Fsp3) is 0.909. The Hall–Kier alpha value is 0.0700. The Morgan fingerprint density at radius 3 is 2.69 bits per heavy atom. The number of nitrogens with one attached hydrogen (secondary N) is 2. The molecular weight excluding hydrogens is 244 g/mol. The first-order valence-corrected chi connectivity index (χ1v) is 6.60. The molecule has 0 spiro atoms. The monoisotopic (exact) mass is 266 g/mol. The Kier molecular flexibility index (Phi) is 7.44. The fourth-order valence-electron chi connectivity index (χ4n) is 1.55. The molecule has 1 saturated heterocycles. The van der Waals surface area contributed by atoms with Crippen LogP contribution in [0.5, 0.6) is 0 Å². The van der Waals surface area contributed by atoms with E-state index >= 15 is 0 Å². The minimum atomic E-state index is 0. The van der Waals surface area contributed by atoms with E-state index in [1.807, 2.05) is 11.8 Å². The van der Waals surface area contributed by atoms with E-state index in [-0.39, 0.29) is 24.2 Å². The van der Waals surface area contributed by atoms with Gasteiger partial charge in [-0.05, 0) is 13.0 Å². The van der Waals surface area contributed by atoms with Crippen LogP contribution in [0.4, 0.5) is 0 Å². The largest absolute Gasteiger partial charge is 0.355 e. The molecule has 96 valence electrons. The van der Waals surface area contributed by atoms with Crippen molar-refractivity contribution in [2.24, 2.45) is 5.92 Å². The van der Waals surface area contributed by atoms with Crippen molar-refractivity contribution in [2.45, 2.75) is 31.9 Å². The van der Waals surface area contributed by atoms with Crippen LogP contribution < -0.4 is 10.6 Å². The second-order valence-corrected chi connectivity index (χ2v) is 6.86. The first-order valence-electron chi connectivity index (χ1n) is 5.61. The lowest BCUT2D eigenvalue weighted by atomic mass is 10.1. The van der Waals surface area contributed by atoms with Gasteiger partial charge in [0.2, 0.25) is 5.91 Å². The zero-order valence-electron chi connectivity index (χ0n) is 10.3. The molecule has 1 fully saturated rings. The molecule has 1 atom stereocenters. The summed E-state index contributed by atoms with van der Waals surface area (Å²) in [7, 11) is 0. The summed E-state index contributed by atoms with van der Waals surface area (Å²) in [6, 6.07) is 0. The summed E-state index contributed by atoms with van der Waals surface area (Å²) in [5.41, 5.74) is 0. The smallest absolute Gasteiger partial charge is 0.224 e. The molecule has 0 aromatic carbocycles. The normalized spacial score (nSPS) is 20.3. The number of amides is 1. The van der Waals surface area contributed by atoms with Crippen molar-refractivity contribution >= 4 is 30.1 Å². The summed E-state index contributed by atoms with van der Waals surface area (Å²) in [5, 5.41) is 6.20.